The van der Waals surface area contributed by atoms with Crippen LogP contribution in [0.5, 0.6) is 0 Å². The molecule has 0 radical (unpaired) electrons. The third-order valence-electron chi connectivity index (χ3n) is 2.85. The van der Waals surface area contributed by atoms with Gasteiger partial charge < -0.3 is 9.84 Å². The van der Waals surface area contributed by atoms with E-state index in [0.717, 1.165) is 31.8 Å². The lowest BCUT2D eigenvalue weighted by atomic mass is 9.89. The van der Waals surface area contributed by atoms with Crippen LogP contribution in [0.4, 0.5) is 0 Å². The number of esters is 1. The summed E-state index contributed by atoms with van der Waals surface area (Å²) in [6.07, 6.45) is 6.14. The van der Waals surface area contributed by atoms with Gasteiger partial charge in [-0.1, -0.05) is 19.3 Å². The minimum atomic E-state index is -1.18. The maximum Gasteiger partial charge on any atom is 0.363 e. The third kappa shape index (κ3) is 2.29. The van der Waals surface area contributed by atoms with Crippen LogP contribution in [0.15, 0.2) is 16.8 Å². The summed E-state index contributed by atoms with van der Waals surface area (Å²) in [6, 6.07) is 0. The Hall–Kier alpha value is -1.65. The summed E-state index contributed by atoms with van der Waals surface area (Å²) in [7, 11) is 0. The summed E-state index contributed by atoms with van der Waals surface area (Å²) in [4.78, 5) is 25.7. The van der Waals surface area contributed by atoms with E-state index in [-0.39, 0.29) is 11.6 Å². The van der Waals surface area contributed by atoms with Gasteiger partial charge in [0.2, 0.25) is 5.90 Å². The van der Waals surface area contributed by atoms with Crippen LogP contribution in [-0.2, 0) is 14.3 Å². The number of rotatable bonds is 2. The fraction of sp³-hybridized carbons (Fsp3) is 0.545. The Kier molecular flexibility index (Phi) is 3.03. The molecule has 2 aliphatic rings. The maximum atomic E-state index is 11.3. The Bertz CT molecular complexity index is 377. The van der Waals surface area contributed by atoms with E-state index in [1.54, 1.807) is 0 Å². The highest BCUT2D eigenvalue weighted by Gasteiger charge is 2.30. The molecule has 86 valence electrons. The monoisotopic (exact) mass is 223 g/mol. The predicted molar refractivity (Wildman–Crippen MR) is 55.8 cm³/mol. The van der Waals surface area contributed by atoms with E-state index < -0.39 is 11.9 Å². The van der Waals surface area contributed by atoms with Crippen molar-refractivity contribution in [3.63, 3.8) is 0 Å². The van der Waals surface area contributed by atoms with E-state index in [9.17, 15) is 9.59 Å². The van der Waals surface area contributed by atoms with Crippen molar-refractivity contribution in [1.29, 1.82) is 0 Å². The molecule has 1 aliphatic heterocycles. The molecule has 16 heavy (non-hydrogen) atoms. The van der Waals surface area contributed by atoms with Crippen LogP contribution in [-0.4, -0.2) is 22.9 Å². The van der Waals surface area contributed by atoms with E-state index in [2.05, 4.69) is 4.99 Å². The number of nitrogens with zero attached hydrogens (tertiary/aromatic N) is 1. The normalized spacial score (nSPS) is 24.4. The topological polar surface area (TPSA) is 76.0 Å². The van der Waals surface area contributed by atoms with Gasteiger partial charge in [-0.3, -0.25) is 0 Å². The average molecular weight is 223 g/mol. The molecular formula is C11H13NO4. The molecule has 0 atom stereocenters. The number of ether oxygens (including phenoxy) is 1. The second kappa shape index (κ2) is 4.47. The Morgan fingerprint density at radius 1 is 1.38 bits per heavy atom. The minimum absolute atomic E-state index is 0.104. The van der Waals surface area contributed by atoms with Crippen LogP contribution in [0.3, 0.4) is 0 Å². The molecule has 0 bridgehead atoms. The van der Waals surface area contributed by atoms with Crippen LogP contribution in [0.1, 0.15) is 32.1 Å². The zero-order valence-corrected chi connectivity index (χ0v) is 8.81. The molecule has 5 nitrogen and oxygen atoms in total. The fourth-order valence-corrected chi connectivity index (χ4v) is 2.07. The number of carbonyl (C=O) groups is 2. The minimum Gasteiger partial charge on any atom is -0.478 e. The van der Waals surface area contributed by atoms with E-state index in [0.29, 0.717) is 5.90 Å². The van der Waals surface area contributed by atoms with E-state index in [4.69, 9.17) is 9.84 Å². The molecule has 1 saturated carbocycles. The lowest BCUT2D eigenvalue weighted by molar-refractivity contribution is -0.133. The average Bonchev–Trinajstić information content (AvgIpc) is 2.61. The van der Waals surface area contributed by atoms with Crippen LogP contribution < -0.4 is 0 Å². The number of hydrogen-bond acceptors (Lipinski definition) is 4. The number of aliphatic imine (C=N–C) groups is 1. The van der Waals surface area contributed by atoms with Gasteiger partial charge in [-0.05, 0) is 12.8 Å². The van der Waals surface area contributed by atoms with Gasteiger partial charge in [0.1, 0.15) is 0 Å². The SMILES string of the molecule is O=C(O)/C=C1/N=C(C2CCCCC2)OC1=O. The summed E-state index contributed by atoms with van der Waals surface area (Å²) >= 11 is 0. The van der Waals surface area contributed by atoms with Crippen LogP contribution in [0.25, 0.3) is 0 Å². The first-order valence-corrected chi connectivity index (χ1v) is 5.42. The van der Waals surface area contributed by atoms with E-state index in [1.165, 1.54) is 6.42 Å². The number of carbonyl (C=O) groups excluding carboxylic acids is 1. The summed E-state index contributed by atoms with van der Waals surface area (Å²) in [5, 5.41) is 8.53. The standard InChI is InChI=1S/C11H13NO4/c13-9(14)6-8-11(15)16-10(12-8)7-4-2-1-3-5-7/h6-7H,1-5H2,(H,13,14)/b8-6+. The number of cyclic esters (lactones) is 1. The van der Waals surface area contributed by atoms with E-state index >= 15 is 0 Å². The van der Waals surface area contributed by atoms with Crippen molar-refractivity contribution in [1.82, 2.24) is 0 Å². The fourth-order valence-electron chi connectivity index (χ4n) is 2.07. The smallest absolute Gasteiger partial charge is 0.363 e. The molecule has 1 N–H and O–H groups in total. The molecule has 5 heteroatoms. The van der Waals surface area contributed by atoms with Crippen LogP contribution >= 0.6 is 0 Å². The van der Waals surface area contributed by atoms with Crippen molar-refractivity contribution in [2.24, 2.45) is 10.9 Å². The quantitative estimate of drug-likeness (QED) is 0.568. The van der Waals surface area contributed by atoms with Crippen molar-refractivity contribution < 1.29 is 19.4 Å². The van der Waals surface area contributed by atoms with Gasteiger partial charge in [0.15, 0.2) is 5.70 Å². The first kappa shape index (κ1) is 10.9. The Balaban J connectivity index is 2.12. The molecule has 0 unspecified atom stereocenters. The van der Waals surface area contributed by atoms with Crippen LogP contribution in [0.2, 0.25) is 0 Å². The largest absolute Gasteiger partial charge is 0.478 e. The molecule has 0 aromatic rings. The Morgan fingerprint density at radius 3 is 2.69 bits per heavy atom. The number of carboxylic acid groups (broad SMARTS) is 1. The Labute approximate surface area is 92.8 Å². The zero-order chi connectivity index (χ0) is 11.5. The van der Waals surface area contributed by atoms with Gasteiger partial charge >= 0.3 is 11.9 Å². The van der Waals surface area contributed by atoms with Crippen molar-refractivity contribution in [3.8, 4) is 0 Å². The van der Waals surface area contributed by atoms with E-state index in [1.807, 2.05) is 0 Å². The second-order valence-corrected chi connectivity index (χ2v) is 4.04. The molecule has 0 spiro atoms. The summed E-state index contributed by atoms with van der Waals surface area (Å²) in [5.41, 5.74) is -0.104. The molecular weight excluding hydrogens is 210 g/mol. The third-order valence-corrected chi connectivity index (χ3v) is 2.85. The van der Waals surface area contributed by atoms with Crippen molar-refractivity contribution >= 4 is 17.8 Å². The summed E-state index contributed by atoms with van der Waals surface area (Å²) in [6.45, 7) is 0. The van der Waals surface area contributed by atoms with Crippen molar-refractivity contribution in [2.75, 3.05) is 0 Å². The highest BCUT2D eigenvalue weighted by Crippen LogP contribution is 2.28. The maximum absolute atomic E-state index is 11.3. The van der Waals surface area contributed by atoms with Gasteiger partial charge in [0.25, 0.3) is 0 Å². The number of aliphatic carboxylic acids is 1. The summed E-state index contributed by atoms with van der Waals surface area (Å²) in [5.74, 6) is -1.25. The first-order chi connectivity index (χ1) is 7.66. The van der Waals surface area contributed by atoms with Gasteiger partial charge in [-0.2, -0.15) is 0 Å². The highest BCUT2D eigenvalue weighted by atomic mass is 16.6. The van der Waals surface area contributed by atoms with Gasteiger partial charge in [-0.15, -0.1) is 0 Å². The van der Waals surface area contributed by atoms with Gasteiger partial charge in [-0.25, -0.2) is 14.6 Å². The molecule has 0 amide bonds. The highest BCUT2D eigenvalue weighted by molar-refractivity contribution is 6.07. The van der Waals surface area contributed by atoms with Gasteiger partial charge in [0, 0.05) is 5.92 Å². The van der Waals surface area contributed by atoms with Crippen molar-refractivity contribution in [2.45, 2.75) is 32.1 Å². The number of hydrogen-bond donors (Lipinski definition) is 1. The lowest BCUT2D eigenvalue weighted by Gasteiger charge is -2.19. The van der Waals surface area contributed by atoms with Crippen molar-refractivity contribution in [3.05, 3.63) is 11.8 Å². The number of carboxylic acids is 1. The molecule has 1 heterocycles. The Morgan fingerprint density at radius 2 is 2.06 bits per heavy atom. The first-order valence-electron chi connectivity index (χ1n) is 5.42. The van der Waals surface area contributed by atoms with Gasteiger partial charge in [0.05, 0.1) is 6.08 Å². The molecule has 0 aromatic heterocycles. The molecule has 0 aromatic carbocycles. The molecule has 2 rings (SSSR count). The van der Waals surface area contributed by atoms with Crippen LogP contribution in [0, 0.1) is 5.92 Å². The molecule has 0 saturated heterocycles. The zero-order valence-electron chi connectivity index (χ0n) is 8.81. The molecule has 1 aliphatic carbocycles. The summed E-state index contributed by atoms with van der Waals surface area (Å²) < 4.78 is 4.99. The molecule has 1 fully saturated rings. The predicted octanol–water partition coefficient (Wildman–Crippen LogP) is 1.49. The lowest BCUT2D eigenvalue weighted by Crippen LogP contribution is -2.19. The second-order valence-electron chi connectivity index (χ2n) is 4.04.